The molecular weight excluding hydrogens is 285 g/mol. The van der Waals surface area contributed by atoms with Gasteiger partial charge < -0.3 is 10.6 Å². The molecule has 0 aromatic carbocycles. The van der Waals surface area contributed by atoms with E-state index >= 15 is 0 Å². The first-order chi connectivity index (χ1) is 9.75. The number of nitrogens with two attached hydrogens (primary N) is 1. The number of anilines is 2. The highest BCUT2D eigenvalue weighted by atomic mass is 19.4. The van der Waals surface area contributed by atoms with Crippen LogP contribution in [0, 0.1) is 11.3 Å². The largest absolute Gasteiger partial charge is 0.417 e. The number of hydrogen-bond acceptors (Lipinski definition) is 5. The van der Waals surface area contributed by atoms with E-state index in [0.29, 0.717) is 12.0 Å². The monoisotopic (exact) mass is 296 g/mol. The van der Waals surface area contributed by atoms with Gasteiger partial charge in [-0.25, -0.2) is 4.98 Å². The molecule has 2 aromatic heterocycles. The zero-order chi connectivity index (χ0) is 15.8. The molecule has 0 radical (unpaired) electrons. The molecule has 0 saturated heterocycles. The van der Waals surface area contributed by atoms with Crippen LogP contribution in [0.15, 0.2) is 18.3 Å². The quantitative estimate of drug-likeness (QED) is 0.913. The van der Waals surface area contributed by atoms with Crippen molar-refractivity contribution >= 4 is 11.6 Å². The molecule has 0 unspecified atom stereocenters. The molecule has 0 spiro atoms. The van der Waals surface area contributed by atoms with Gasteiger partial charge in [0.15, 0.2) is 11.6 Å². The number of nitriles is 1. The third kappa shape index (κ3) is 2.60. The lowest BCUT2D eigenvalue weighted by molar-refractivity contribution is -0.137. The van der Waals surface area contributed by atoms with E-state index in [0.717, 1.165) is 16.8 Å². The maximum absolute atomic E-state index is 12.5. The Hall–Kier alpha value is -2.76. The van der Waals surface area contributed by atoms with E-state index in [1.807, 2.05) is 6.07 Å². The maximum atomic E-state index is 12.5. The van der Waals surface area contributed by atoms with Gasteiger partial charge in [0.05, 0.1) is 5.56 Å². The van der Waals surface area contributed by atoms with Gasteiger partial charge in [0.1, 0.15) is 17.5 Å². The zero-order valence-electron chi connectivity index (χ0n) is 11.2. The fourth-order valence-corrected chi connectivity index (χ4v) is 1.69. The van der Waals surface area contributed by atoms with Crippen molar-refractivity contribution in [1.82, 2.24) is 14.8 Å². The number of rotatable bonds is 2. The smallest absolute Gasteiger partial charge is 0.382 e. The van der Waals surface area contributed by atoms with Crippen molar-refractivity contribution in [3.63, 3.8) is 0 Å². The van der Waals surface area contributed by atoms with Crippen molar-refractivity contribution in [2.24, 2.45) is 0 Å². The van der Waals surface area contributed by atoms with Gasteiger partial charge in [-0.1, -0.05) is 0 Å². The molecule has 0 aliphatic rings. The summed E-state index contributed by atoms with van der Waals surface area (Å²) in [5, 5.41) is 13.2. The molecule has 6 nitrogen and oxygen atoms in total. The molecule has 0 aliphatic heterocycles. The van der Waals surface area contributed by atoms with E-state index in [1.54, 1.807) is 19.0 Å². The van der Waals surface area contributed by atoms with Crippen LogP contribution in [-0.2, 0) is 6.18 Å². The lowest BCUT2D eigenvalue weighted by Gasteiger charge is -2.08. The van der Waals surface area contributed by atoms with Crippen molar-refractivity contribution < 1.29 is 13.2 Å². The molecule has 0 atom stereocenters. The minimum atomic E-state index is -4.46. The van der Waals surface area contributed by atoms with Gasteiger partial charge in [0.2, 0.25) is 0 Å². The first-order valence-electron chi connectivity index (χ1n) is 5.75. The molecule has 2 N–H and O–H groups in total. The van der Waals surface area contributed by atoms with Crippen molar-refractivity contribution in [3.8, 4) is 11.9 Å². The van der Waals surface area contributed by atoms with E-state index in [2.05, 4.69) is 10.1 Å². The van der Waals surface area contributed by atoms with Gasteiger partial charge in [-0.15, -0.1) is 5.10 Å². The summed E-state index contributed by atoms with van der Waals surface area (Å²) < 4.78 is 38.6. The molecule has 0 aliphatic carbocycles. The molecule has 2 aromatic rings. The molecule has 9 heteroatoms. The summed E-state index contributed by atoms with van der Waals surface area (Å²) >= 11 is 0. The molecule has 21 heavy (non-hydrogen) atoms. The number of alkyl halides is 3. The van der Waals surface area contributed by atoms with Crippen LogP contribution < -0.4 is 10.6 Å². The minimum Gasteiger partial charge on any atom is -0.382 e. The van der Waals surface area contributed by atoms with Crippen LogP contribution in [0.25, 0.3) is 5.82 Å². The molecule has 2 heterocycles. The fraction of sp³-hybridized carbons (Fsp3) is 0.250. The van der Waals surface area contributed by atoms with E-state index < -0.39 is 11.7 Å². The minimum absolute atomic E-state index is 0.0217. The number of pyridine rings is 1. The molecule has 0 amide bonds. The molecule has 110 valence electrons. The summed E-state index contributed by atoms with van der Waals surface area (Å²) in [7, 11) is 3.35. The molecule has 0 fully saturated rings. The van der Waals surface area contributed by atoms with Crippen LogP contribution >= 0.6 is 0 Å². The van der Waals surface area contributed by atoms with Gasteiger partial charge in [-0.2, -0.15) is 23.1 Å². The van der Waals surface area contributed by atoms with E-state index in [9.17, 15) is 13.2 Å². The Morgan fingerprint density at radius 2 is 2.00 bits per heavy atom. The Labute approximate surface area is 118 Å². The molecular formula is C12H11F3N6. The molecule has 2 rings (SSSR count). The highest BCUT2D eigenvalue weighted by Gasteiger charge is 2.31. The first kappa shape index (κ1) is 14.6. The van der Waals surface area contributed by atoms with Gasteiger partial charge >= 0.3 is 6.18 Å². The van der Waals surface area contributed by atoms with Gasteiger partial charge in [-0.3, -0.25) is 0 Å². The Morgan fingerprint density at radius 3 is 2.38 bits per heavy atom. The summed E-state index contributed by atoms with van der Waals surface area (Å²) in [5.74, 6) is 0.440. The zero-order valence-corrected chi connectivity index (χ0v) is 11.2. The molecule has 0 bridgehead atoms. The van der Waals surface area contributed by atoms with E-state index in [4.69, 9.17) is 11.0 Å². The summed E-state index contributed by atoms with van der Waals surface area (Å²) in [5.41, 5.74) is 5.07. The van der Waals surface area contributed by atoms with E-state index in [1.165, 1.54) is 0 Å². The van der Waals surface area contributed by atoms with Gasteiger partial charge in [-0.05, 0) is 12.1 Å². The average Bonchev–Trinajstić information content (AvgIpc) is 2.75. The second kappa shape index (κ2) is 4.97. The summed E-state index contributed by atoms with van der Waals surface area (Å²) in [6.07, 6.45) is -3.77. The fourth-order valence-electron chi connectivity index (χ4n) is 1.69. The van der Waals surface area contributed by atoms with Crippen molar-refractivity contribution in [1.29, 1.82) is 5.26 Å². The highest BCUT2D eigenvalue weighted by molar-refractivity contribution is 5.66. The second-order valence-corrected chi connectivity index (χ2v) is 4.40. The number of nitrogen functional groups attached to an aromatic ring is 1. The van der Waals surface area contributed by atoms with Crippen LogP contribution in [0.4, 0.5) is 24.8 Å². The van der Waals surface area contributed by atoms with Crippen LogP contribution in [0.3, 0.4) is 0 Å². The summed E-state index contributed by atoms with van der Waals surface area (Å²) in [6.45, 7) is 0. The van der Waals surface area contributed by atoms with E-state index in [-0.39, 0.29) is 17.2 Å². The summed E-state index contributed by atoms with van der Waals surface area (Å²) in [4.78, 5) is 5.28. The van der Waals surface area contributed by atoms with Gasteiger partial charge in [0.25, 0.3) is 0 Å². The standard InChI is InChI=1S/C12H11F3N6/c1-20(2)11-8(5-16)10(17)21(19-11)9-4-3-7(6-18-9)12(13,14)15/h3-4,6H,17H2,1-2H3. The Balaban J connectivity index is 2.51. The third-order valence-corrected chi connectivity index (χ3v) is 2.73. The topological polar surface area (TPSA) is 83.8 Å². The van der Waals surface area contributed by atoms with Crippen LogP contribution in [0.2, 0.25) is 0 Å². The Morgan fingerprint density at radius 1 is 1.33 bits per heavy atom. The summed E-state index contributed by atoms with van der Waals surface area (Å²) in [6, 6.07) is 3.94. The van der Waals surface area contributed by atoms with Crippen LogP contribution in [0.1, 0.15) is 11.1 Å². The highest BCUT2D eigenvalue weighted by Crippen LogP contribution is 2.30. The number of hydrogen-bond donors (Lipinski definition) is 1. The van der Waals surface area contributed by atoms with Crippen LogP contribution in [-0.4, -0.2) is 28.9 Å². The predicted octanol–water partition coefficient (Wildman–Crippen LogP) is 1.81. The normalized spacial score (nSPS) is 11.2. The lowest BCUT2D eigenvalue weighted by atomic mass is 10.3. The Kier molecular flexibility index (Phi) is 3.47. The second-order valence-electron chi connectivity index (χ2n) is 4.40. The number of nitrogens with zero attached hydrogens (tertiary/aromatic N) is 5. The van der Waals surface area contributed by atoms with Crippen LogP contribution in [0.5, 0.6) is 0 Å². The van der Waals surface area contributed by atoms with Crippen molar-refractivity contribution in [2.75, 3.05) is 24.7 Å². The predicted molar refractivity (Wildman–Crippen MR) is 69.8 cm³/mol. The number of aromatic nitrogens is 3. The maximum Gasteiger partial charge on any atom is 0.417 e. The SMILES string of the molecule is CN(C)c1nn(-c2ccc(C(F)(F)F)cn2)c(N)c1C#N. The third-order valence-electron chi connectivity index (χ3n) is 2.73. The molecule has 0 saturated carbocycles. The number of halogens is 3. The Bertz CT molecular complexity index is 694. The lowest BCUT2D eigenvalue weighted by Crippen LogP contribution is -2.11. The van der Waals surface area contributed by atoms with Gasteiger partial charge in [0, 0.05) is 20.3 Å². The first-order valence-corrected chi connectivity index (χ1v) is 5.75. The van der Waals surface area contributed by atoms with Crippen molar-refractivity contribution in [3.05, 3.63) is 29.5 Å². The van der Waals surface area contributed by atoms with Crippen molar-refractivity contribution in [2.45, 2.75) is 6.18 Å². The average molecular weight is 296 g/mol.